The molecule has 0 radical (unpaired) electrons. The molecule has 1 rings (SSSR count). The molecular formula is C11H12FN3. The Hall–Kier alpha value is -1.89. The average molecular weight is 205 g/mol. The molecule has 0 aliphatic carbocycles. The van der Waals surface area contributed by atoms with Crippen LogP contribution in [-0.4, -0.2) is 5.84 Å². The summed E-state index contributed by atoms with van der Waals surface area (Å²) in [4.78, 5) is 4.23. The lowest BCUT2D eigenvalue weighted by Gasteiger charge is -2.07. The quantitative estimate of drug-likeness (QED) is 0.349. The normalized spacial score (nSPS) is 13.1. The number of hydrogen-bond acceptors (Lipinski definition) is 2. The molecule has 0 saturated carbocycles. The number of nitriles is 1. The van der Waals surface area contributed by atoms with Crippen molar-refractivity contribution < 1.29 is 4.39 Å². The van der Waals surface area contributed by atoms with E-state index in [0.29, 0.717) is 5.84 Å². The standard InChI is InChI=1S/C11H12FN3/c1-8(15-9(2)14-7-13)10-3-5-11(12)6-4-10/h3-6,8H,1-2H3,(H,14,15). The molecule has 0 fully saturated rings. The van der Waals surface area contributed by atoms with E-state index in [1.54, 1.807) is 25.2 Å². The highest BCUT2D eigenvalue weighted by molar-refractivity contribution is 5.81. The lowest BCUT2D eigenvalue weighted by Crippen LogP contribution is -2.14. The zero-order valence-electron chi connectivity index (χ0n) is 8.66. The Bertz CT molecular complexity index is 389. The number of rotatable bonds is 2. The molecule has 1 aromatic rings. The number of aliphatic imine (C=N–C) groups is 1. The van der Waals surface area contributed by atoms with Crippen LogP contribution in [0.25, 0.3) is 0 Å². The minimum atomic E-state index is -0.262. The molecule has 0 aromatic heterocycles. The maximum atomic E-state index is 12.6. The van der Waals surface area contributed by atoms with Crippen molar-refractivity contribution in [1.29, 1.82) is 5.26 Å². The number of nitrogens with one attached hydrogen (secondary N) is 1. The number of hydrogen-bond donors (Lipinski definition) is 1. The van der Waals surface area contributed by atoms with E-state index in [1.165, 1.54) is 12.1 Å². The molecule has 4 heteroatoms. The Kier molecular flexibility index (Phi) is 3.81. The van der Waals surface area contributed by atoms with Crippen molar-refractivity contribution in [3.8, 4) is 6.19 Å². The molecule has 0 amide bonds. The van der Waals surface area contributed by atoms with Gasteiger partial charge in [-0.05, 0) is 31.5 Å². The van der Waals surface area contributed by atoms with Crippen LogP contribution < -0.4 is 5.32 Å². The van der Waals surface area contributed by atoms with Gasteiger partial charge in [0.15, 0.2) is 6.19 Å². The third kappa shape index (κ3) is 3.39. The van der Waals surface area contributed by atoms with Gasteiger partial charge >= 0.3 is 0 Å². The number of halogens is 1. The van der Waals surface area contributed by atoms with Crippen molar-refractivity contribution in [1.82, 2.24) is 5.32 Å². The van der Waals surface area contributed by atoms with E-state index in [9.17, 15) is 4.39 Å². The highest BCUT2D eigenvalue weighted by Crippen LogP contribution is 2.16. The van der Waals surface area contributed by atoms with E-state index in [1.807, 2.05) is 6.92 Å². The third-order valence-electron chi connectivity index (χ3n) is 1.98. The molecule has 1 atom stereocenters. The van der Waals surface area contributed by atoms with Gasteiger partial charge in [-0.2, -0.15) is 5.26 Å². The second-order valence-electron chi connectivity index (χ2n) is 3.18. The minimum Gasteiger partial charge on any atom is -0.281 e. The van der Waals surface area contributed by atoms with E-state index < -0.39 is 0 Å². The number of benzene rings is 1. The van der Waals surface area contributed by atoms with Gasteiger partial charge in [0.1, 0.15) is 11.7 Å². The second kappa shape index (κ2) is 5.11. The molecule has 0 aliphatic heterocycles. The Morgan fingerprint density at radius 3 is 2.60 bits per heavy atom. The van der Waals surface area contributed by atoms with E-state index in [4.69, 9.17) is 5.26 Å². The van der Waals surface area contributed by atoms with Gasteiger partial charge in [-0.1, -0.05) is 12.1 Å². The van der Waals surface area contributed by atoms with Crippen LogP contribution in [0.15, 0.2) is 29.3 Å². The molecule has 3 nitrogen and oxygen atoms in total. The van der Waals surface area contributed by atoms with Crippen molar-refractivity contribution in [2.45, 2.75) is 19.9 Å². The van der Waals surface area contributed by atoms with Crippen LogP contribution in [0.2, 0.25) is 0 Å². The fourth-order valence-electron chi connectivity index (χ4n) is 1.22. The Morgan fingerprint density at radius 2 is 2.07 bits per heavy atom. The van der Waals surface area contributed by atoms with E-state index in [-0.39, 0.29) is 11.9 Å². The monoisotopic (exact) mass is 205 g/mol. The van der Waals surface area contributed by atoms with E-state index >= 15 is 0 Å². The first-order valence-corrected chi connectivity index (χ1v) is 4.58. The fraction of sp³-hybridized carbons (Fsp3) is 0.273. The number of amidine groups is 1. The van der Waals surface area contributed by atoms with Crippen LogP contribution in [0.3, 0.4) is 0 Å². The Balaban J connectivity index is 2.77. The van der Waals surface area contributed by atoms with Crippen LogP contribution >= 0.6 is 0 Å². The summed E-state index contributed by atoms with van der Waals surface area (Å²) in [5, 5.41) is 10.8. The molecule has 1 unspecified atom stereocenters. The van der Waals surface area contributed by atoms with Gasteiger partial charge < -0.3 is 0 Å². The molecule has 0 spiro atoms. The zero-order chi connectivity index (χ0) is 11.3. The maximum Gasteiger partial charge on any atom is 0.182 e. The highest BCUT2D eigenvalue weighted by atomic mass is 19.1. The maximum absolute atomic E-state index is 12.6. The lowest BCUT2D eigenvalue weighted by molar-refractivity contribution is 0.626. The largest absolute Gasteiger partial charge is 0.281 e. The summed E-state index contributed by atoms with van der Waals surface area (Å²) in [6, 6.07) is 6.07. The Morgan fingerprint density at radius 1 is 1.47 bits per heavy atom. The summed E-state index contributed by atoms with van der Waals surface area (Å²) in [5.74, 6) is 0.288. The predicted octanol–water partition coefficient (Wildman–Crippen LogP) is 2.38. The van der Waals surface area contributed by atoms with Crippen LogP contribution in [0.5, 0.6) is 0 Å². The third-order valence-corrected chi connectivity index (χ3v) is 1.98. The van der Waals surface area contributed by atoms with E-state index in [0.717, 1.165) is 5.56 Å². The zero-order valence-corrected chi connectivity index (χ0v) is 8.66. The fourth-order valence-corrected chi connectivity index (χ4v) is 1.22. The van der Waals surface area contributed by atoms with Crippen molar-refractivity contribution in [2.24, 2.45) is 4.99 Å². The number of nitrogens with zero attached hydrogens (tertiary/aromatic N) is 2. The molecule has 15 heavy (non-hydrogen) atoms. The summed E-state index contributed by atoms with van der Waals surface area (Å²) in [7, 11) is 0. The van der Waals surface area contributed by atoms with Gasteiger partial charge in [-0.3, -0.25) is 10.3 Å². The van der Waals surface area contributed by atoms with Gasteiger partial charge in [0, 0.05) is 0 Å². The van der Waals surface area contributed by atoms with Gasteiger partial charge in [0.05, 0.1) is 6.04 Å². The van der Waals surface area contributed by atoms with Gasteiger partial charge in [-0.15, -0.1) is 0 Å². The summed E-state index contributed by atoms with van der Waals surface area (Å²) >= 11 is 0. The summed E-state index contributed by atoms with van der Waals surface area (Å²) in [6.07, 6.45) is 1.79. The van der Waals surface area contributed by atoms with Crippen molar-refractivity contribution in [3.05, 3.63) is 35.6 Å². The van der Waals surface area contributed by atoms with Crippen LogP contribution in [0.4, 0.5) is 4.39 Å². The molecule has 0 saturated heterocycles. The first kappa shape index (κ1) is 11.2. The molecule has 0 bridgehead atoms. The lowest BCUT2D eigenvalue weighted by atomic mass is 10.1. The van der Waals surface area contributed by atoms with Gasteiger partial charge in [0.2, 0.25) is 0 Å². The average Bonchev–Trinajstić information content (AvgIpc) is 2.18. The SMILES string of the molecule is CC(=NC(C)c1ccc(F)cc1)NC#N. The summed E-state index contributed by atoms with van der Waals surface area (Å²) < 4.78 is 12.6. The second-order valence-corrected chi connectivity index (χ2v) is 3.18. The van der Waals surface area contributed by atoms with Crippen molar-refractivity contribution >= 4 is 5.84 Å². The molecule has 1 aromatic carbocycles. The van der Waals surface area contributed by atoms with Gasteiger partial charge in [0.25, 0.3) is 0 Å². The van der Waals surface area contributed by atoms with Crippen molar-refractivity contribution in [2.75, 3.05) is 0 Å². The first-order chi connectivity index (χ1) is 7.13. The molecule has 1 N–H and O–H groups in total. The topological polar surface area (TPSA) is 48.2 Å². The smallest absolute Gasteiger partial charge is 0.182 e. The van der Waals surface area contributed by atoms with Gasteiger partial charge in [-0.25, -0.2) is 4.39 Å². The summed E-state index contributed by atoms with van der Waals surface area (Å²) in [6.45, 7) is 3.60. The molecule has 78 valence electrons. The van der Waals surface area contributed by atoms with E-state index in [2.05, 4.69) is 10.3 Å². The molecular weight excluding hydrogens is 193 g/mol. The van der Waals surface area contributed by atoms with Crippen LogP contribution in [0, 0.1) is 17.3 Å². The summed E-state index contributed by atoms with van der Waals surface area (Å²) in [5.41, 5.74) is 0.912. The highest BCUT2D eigenvalue weighted by Gasteiger charge is 2.03. The predicted molar refractivity (Wildman–Crippen MR) is 56.7 cm³/mol. The molecule has 0 heterocycles. The van der Waals surface area contributed by atoms with Crippen molar-refractivity contribution in [3.63, 3.8) is 0 Å². The van der Waals surface area contributed by atoms with Crippen LogP contribution in [0.1, 0.15) is 25.5 Å². The minimum absolute atomic E-state index is 0.0913. The first-order valence-electron chi connectivity index (χ1n) is 4.58. The molecule has 0 aliphatic rings. The Labute approximate surface area is 88.3 Å². The van der Waals surface area contributed by atoms with Crippen LogP contribution in [-0.2, 0) is 0 Å².